The second-order valence-electron chi connectivity index (χ2n) is 4.57. The third-order valence-electron chi connectivity index (χ3n) is 2.54. The molecule has 88 valence electrons. The van der Waals surface area contributed by atoms with Gasteiger partial charge in [-0.25, -0.2) is 0 Å². The zero-order valence-electron chi connectivity index (χ0n) is 9.79. The zero-order valence-corrected chi connectivity index (χ0v) is 11.4. The van der Waals surface area contributed by atoms with Gasteiger partial charge in [0, 0.05) is 22.6 Å². The van der Waals surface area contributed by atoms with Crippen molar-refractivity contribution in [3.05, 3.63) is 28.2 Å². The van der Waals surface area contributed by atoms with E-state index in [-0.39, 0.29) is 6.10 Å². The maximum absolute atomic E-state index is 5.79. The Labute approximate surface area is 106 Å². The summed E-state index contributed by atoms with van der Waals surface area (Å²) in [4.78, 5) is 0. The molecule has 1 saturated carbocycles. The van der Waals surface area contributed by atoms with Gasteiger partial charge in [0.25, 0.3) is 0 Å². The van der Waals surface area contributed by atoms with Crippen molar-refractivity contribution in [2.24, 2.45) is 0 Å². The highest BCUT2D eigenvalue weighted by Gasteiger charge is 2.20. The molecule has 1 aliphatic rings. The summed E-state index contributed by atoms with van der Waals surface area (Å²) in [5.41, 5.74) is 1.23. The SMILES string of the molecule is CC(C)Oc1ccc(Br)cc1CNC1CC1. The molecule has 2 nitrogen and oxygen atoms in total. The van der Waals surface area contributed by atoms with Gasteiger partial charge in [0.15, 0.2) is 0 Å². The van der Waals surface area contributed by atoms with Crippen molar-refractivity contribution in [2.75, 3.05) is 0 Å². The van der Waals surface area contributed by atoms with Gasteiger partial charge in [-0.05, 0) is 44.9 Å². The summed E-state index contributed by atoms with van der Waals surface area (Å²) < 4.78 is 6.90. The molecule has 0 radical (unpaired) electrons. The Morgan fingerprint density at radius 1 is 1.44 bits per heavy atom. The molecule has 1 aromatic carbocycles. The third kappa shape index (κ3) is 3.49. The summed E-state index contributed by atoms with van der Waals surface area (Å²) in [6.45, 7) is 5.01. The van der Waals surface area contributed by atoms with E-state index in [1.165, 1.54) is 18.4 Å². The van der Waals surface area contributed by atoms with E-state index in [4.69, 9.17) is 4.74 Å². The maximum Gasteiger partial charge on any atom is 0.124 e. The van der Waals surface area contributed by atoms with Crippen molar-refractivity contribution in [1.29, 1.82) is 0 Å². The van der Waals surface area contributed by atoms with Gasteiger partial charge in [0.05, 0.1) is 6.10 Å². The molecule has 0 heterocycles. The van der Waals surface area contributed by atoms with Crippen LogP contribution in [-0.2, 0) is 6.54 Å². The molecule has 1 N–H and O–H groups in total. The lowest BCUT2D eigenvalue weighted by Gasteiger charge is -2.15. The normalized spacial score (nSPS) is 15.5. The first-order valence-electron chi connectivity index (χ1n) is 5.83. The predicted molar refractivity (Wildman–Crippen MR) is 69.8 cm³/mol. The van der Waals surface area contributed by atoms with Crippen molar-refractivity contribution >= 4 is 15.9 Å². The summed E-state index contributed by atoms with van der Waals surface area (Å²) in [6.07, 6.45) is 2.85. The highest BCUT2D eigenvalue weighted by atomic mass is 79.9. The Bertz CT molecular complexity index is 361. The number of hydrogen-bond acceptors (Lipinski definition) is 2. The monoisotopic (exact) mass is 283 g/mol. The van der Waals surface area contributed by atoms with Crippen LogP contribution in [0.25, 0.3) is 0 Å². The van der Waals surface area contributed by atoms with E-state index >= 15 is 0 Å². The fourth-order valence-corrected chi connectivity index (χ4v) is 2.01. The highest BCUT2D eigenvalue weighted by Crippen LogP contribution is 2.26. The minimum atomic E-state index is 0.223. The second-order valence-corrected chi connectivity index (χ2v) is 5.49. The van der Waals surface area contributed by atoms with E-state index in [1.807, 2.05) is 12.1 Å². The smallest absolute Gasteiger partial charge is 0.124 e. The van der Waals surface area contributed by atoms with Gasteiger partial charge in [-0.15, -0.1) is 0 Å². The van der Waals surface area contributed by atoms with Crippen LogP contribution in [0.15, 0.2) is 22.7 Å². The van der Waals surface area contributed by atoms with Crippen molar-refractivity contribution in [3.8, 4) is 5.75 Å². The lowest BCUT2D eigenvalue weighted by molar-refractivity contribution is 0.239. The van der Waals surface area contributed by atoms with E-state index < -0.39 is 0 Å². The number of rotatable bonds is 5. The standard InChI is InChI=1S/C13H18BrNO/c1-9(2)16-13-6-3-11(14)7-10(13)8-15-12-4-5-12/h3,6-7,9,12,15H,4-5,8H2,1-2H3. The van der Waals surface area contributed by atoms with E-state index in [9.17, 15) is 0 Å². The molecule has 0 saturated heterocycles. The molecule has 0 aliphatic heterocycles. The number of hydrogen-bond donors (Lipinski definition) is 1. The Balaban J connectivity index is 2.07. The van der Waals surface area contributed by atoms with Crippen LogP contribution < -0.4 is 10.1 Å². The van der Waals surface area contributed by atoms with Crippen molar-refractivity contribution < 1.29 is 4.74 Å². The molecule has 0 bridgehead atoms. The minimum Gasteiger partial charge on any atom is -0.491 e. The summed E-state index contributed by atoms with van der Waals surface area (Å²) >= 11 is 3.50. The Morgan fingerprint density at radius 3 is 2.81 bits per heavy atom. The lowest BCUT2D eigenvalue weighted by Crippen LogP contribution is -2.17. The molecule has 0 spiro atoms. The Kier molecular flexibility index (Phi) is 3.87. The average Bonchev–Trinajstić information content (AvgIpc) is 3.01. The van der Waals surface area contributed by atoms with Crippen LogP contribution in [0.2, 0.25) is 0 Å². The van der Waals surface area contributed by atoms with E-state index in [0.717, 1.165) is 22.8 Å². The van der Waals surface area contributed by atoms with Crippen LogP contribution in [-0.4, -0.2) is 12.1 Å². The predicted octanol–water partition coefficient (Wildman–Crippen LogP) is 3.49. The molecule has 1 aliphatic carbocycles. The minimum absolute atomic E-state index is 0.223. The topological polar surface area (TPSA) is 21.3 Å². The van der Waals surface area contributed by atoms with Crippen LogP contribution in [0.5, 0.6) is 5.75 Å². The fourth-order valence-electron chi connectivity index (χ4n) is 1.60. The van der Waals surface area contributed by atoms with E-state index in [2.05, 4.69) is 41.2 Å². The van der Waals surface area contributed by atoms with Gasteiger partial charge in [-0.1, -0.05) is 15.9 Å². The molecule has 1 fully saturated rings. The number of nitrogens with one attached hydrogen (secondary N) is 1. The molecule has 16 heavy (non-hydrogen) atoms. The Morgan fingerprint density at radius 2 is 2.19 bits per heavy atom. The van der Waals surface area contributed by atoms with Crippen LogP contribution >= 0.6 is 15.9 Å². The zero-order chi connectivity index (χ0) is 11.5. The molecule has 0 atom stereocenters. The second kappa shape index (κ2) is 5.19. The van der Waals surface area contributed by atoms with Crippen molar-refractivity contribution in [3.63, 3.8) is 0 Å². The molecular weight excluding hydrogens is 266 g/mol. The van der Waals surface area contributed by atoms with Gasteiger partial charge in [-0.3, -0.25) is 0 Å². The van der Waals surface area contributed by atoms with Gasteiger partial charge in [0.1, 0.15) is 5.75 Å². The largest absolute Gasteiger partial charge is 0.491 e. The number of halogens is 1. The van der Waals surface area contributed by atoms with E-state index in [0.29, 0.717) is 0 Å². The van der Waals surface area contributed by atoms with Gasteiger partial charge >= 0.3 is 0 Å². The summed E-state index contributed by atoms with van der Waals surface area (Å²) in [5, 5.41) is 3.51. The van der Waals surface area contributed by atoms with Crippen LogP contribution in [0.3, 0.4) is 0 Å². The van der Waals surface area contributed by atoms with Gasteiger partial charge in [-0.2, -0.15) is 0 Å². The molecule has 2 rings (SSSR count). The first kappa shape index (κ1) is 11.9. The first-order chi connectivity index (χ1) is 7.65. The third-order valence-corrected chi connectivity index (χ3v) is 3.04. The highest BCUT2D eigenvalue weighted by molar-refractivity contribution is 9.10. The Hall–Kier alpha value is -0.540. The maximum atomic E-state index is 5.79. The number of ether oxygens (including phenoxy) is 1. The fraction of sp³-hybridized carbons (Fsp3) is 0.538. The number of benzene rings is 1. The molecule has 0 amide bonds. The summed E-state index contributed by atoms with van der Waals surface area (Å²) in [5.74, 6) is 0.992. The molecular formula is C13H18BrNO. The van der Waals surface area contributed by atoms with Gasteiger partial charge < -0.3 is 10.1 Å². The van der Waals surface area contributed by atoms with Crippen molar-refractivity contribution in [2.45, 2.75) is 45.4 Å². The van der Waals surface area contributed by atoms with Crippen LogP contribution in [0.1, 0.15) is 32.3 Å². The van der Waals surface area contributed by atoms with Crippen LogP contribution in [0.4, 0.5) is 0 Å². The van der Waals surface area contributed by atoms with E-state index in [1.54, 1.807) is 0 Å². The summed E-state index contributed by atoms with van der Waals surface area (Å²) in [6, 6.07) is 6.92. The first-order valence-corrected chi connectivity index (χ1v) is 6.63. The molecule has 1 aromatic rings. The quantitative estimate of drug-likeness (QED) is 0.893. The lowest BCUT2D eigenvalue weighted by atomic mass is 10.2. The molecule has 0 aromatic heterocycles. The molecule has 3 heteroatoms. The van der Waals surface area contributed by atoms with Gasteiger partial charge in [0.2, 0.25) is 0 Å². The average molecular weight is 284 g/mol. The summed E-state index contributed by atoms with van der Waals surface area (Å²) in [7, 11) is 0. The van der Waals surface area contributed by atoms with Crippen LogP contribution in [0, 0.1) is 0 Å². The van der Waals surface area contributed by atoms with Crippen molar-refractivity contribution in [1.82, 2.24) is 5.32 Å². The molecule has 0 unspecified atom stereocenters.